The van der Waals surface area contributed by atoms with Crippen LogP contribution in [-0.4, -0.2) is 48.0 Å². The second-order valence-corrected chi connectivity index (χ2v) is 8.85. The Morgan fingerprint density at radius 3 is 2.57 bits per heavy atom. The van der Waals surface area contributed by atoms with E-state index in [-0.39, 0.29) is 5.91 Å². The minimum Gasteiger partial charge on any atom is -0.497 e. The number of amides is 1. The van der Waals surface area contributed by atoms with E-state index in [9.17, 15) is 4.79 Å². The van der Waals surface area contributed by atoms with E-state index < -0.39 is 0 Å². The molecule has 0 spiro atoms. The van der Waals surface area contributed by atoms with Gasteiger partial charge in [-0.3, -0.25) is 9.36 Å². The van der Waals surface area contributed by atoms with Crippen molar-refractivity contribution < 1.29 is 14.3 Å². The first kappa shape index (κ1) is 24.5. The molecule has 1 amide bonds. The molecule has 0 aliphatic rings. The molecular formula is C27H28N4O3S. The lowest BCUT2D eigenvalue weighted by molar-refractivity contribution is 0.0936. The largest absolute Gasteiger partial charge is 0.497 e. The highest BCUT2D eigenvalue weighted by Crippen LogP contribution is 2.31. The average Bonchev–Trinajstić information content (AvgIpc) is 3.32. The van der Waals surface area contributed by atoms with Crippen LogP contribution < -0.4 is 10.1 Å². The van der Waals surface area contributed by atoms with Crippen LogP contribution in [0, 0.1) is 6.92 Å². The predicted octanol–water partition coefficient (Wildman–Crippen LogP) is 4.92. The average molecular weight is 489 g/mol. The van der Waals surface area contributed by atoms with E-state index >= 15 is 0 Å². The number of aryl methyl sites for hydroxylation is 1. The van der Waals surface area contributed by atoms with Gasteiger partial charge in [0.05, 0.1) is 13.7 Å². The van der Waals surface area contributed by atoms with Crippen LogP contribution in [0.25, 0.3) is 17.1 Å². The number of hydrogen-bond acceptors (Lipinski definition) is 6. The summed E-state index contributed by atoms with van der Waals surface area (Å²) in [5.41, 5.74) is 4.61. The number of nitrogens with zero attached hydrogens (tertiary/aromatic N) is 3. The number of benzene rings is 3. The first-order valence-corrected chi connectivity index (χ1v) is 12.2. The van der Waals surface area contributed by atoms with E-state index in [1.54, 1.807) is 14.2 Å². The topological polar surface area (TPSA) is 78.3 Å². The fourth-order valence-corrected chi connectivity index (χ4v) is 4.57. The summed E-state index contributed by atoms with van der Waals surface area (Å²) in [6, 6.07) is 23.6. The highest BCUT2D eigenvalue weighted by molar-refractivity contribution is 7.98. The summed E-state index contributed by atoms with van der Waals surface area (Å²) in [7, 11) is 3.26. The lowest BCUT2D eigenvalue weighted by atomic mass is 10.1. The summed E-state index contributed by atoms with van der Waals surface area (Å²) < 4.78 is 12.5. The Morgan fingerprint density at radius 2 is 1.80 bits per heavy atom. The van der Waals surface area contributed by atoms with Crippen LogP contribution in [0.4, 0.5) is 0 Å². The van der Waals surface area contributed by atoms with Gasteiger partial charge in [-0.25, -0.2) is 0 Å². The van der Waals surface area contributed by atoms with Gasteiger partial charge in [-0.1, -0.05) is 59.8 Å². The third kappa shape index (κ3) is 5.90. The predicted molar refractivity (Wildman–Crippen MR) is 138 cm³/mol. The van der Waals surface area contributed by atoms with Crippen molar-refractivity contribution in [1.82, 2.24) is 20.1 Å². The molecule has 0 aliphatic heterocycles. The molecule has 0 fully saturated rings. The Bertz CT molecular complexity index is 1290. The Labute approximate surface area is 209 Å². The summed E-state index contributed by atoms with van der Waals surface area (Å²) in [5.74, 6) is 1.93. The van der Waals surface area contributed by atoms with E-state index in [1.165, 1.54) is 17.3 Å². The van der Waals surface area contributed by atoms with Gasteiger partial charge in [0.25, 0.3) is 5.91 Å². The van der Waals surface area contributed by atoms with Crippen LogP contribution in [0.5, 0.6) is 5.75 Å². The molecule has 180 valence electrons. The van der Waals surface area contributed by atoms with Gasteiger partial charge >= 0.3 is 0 Å². The van der Waals surface area contributed by atoms with Crippen molar-refractivity contribution in [2.24, 2.45) is 0 Å². The normalized spacial score (nSPS) is 10.8. The summed E-state index contributed by atoms with van der Waals surface area (Å²) >= 11 is 1.54. The number of aromatic nitrogens is 3. The summed E-state index contributed by atoms with van der Waals surface area (Å²) in [6.45, 7) is 2.99. The molecule has 1 N–H and O–H groups in total. The Morgan fingerprint density at radius 1 is 1.00 bits per heavy atom. The van der Waals surface area contributed by atoms with Gasteiger partial charge in [0.1, 0.15) is 5.75 Å². The van der Waals surface area contributed by atoms with Crippen LogP contribution in [0.2, 0.25) is 0 Å². The Hall–Kier alpha value is -3.62. The standard InChI is InChI=1S/C27H28N4O3S/c1-19-11-13-22(14-12-19)31-25(20-8-6-9-23(17-20)34-3)29-30-27(31)35-18-21-7-4-5-10-24(21)26(32)28-15-16-33-2/h4-14,17H,15-16,18H2,1-3H3,(H,28,32). The number of hydrogen-bond donors (Lipinski definition) is 1. The molecule has 1 heterocycles. The van der Waals surface area contributed by atoms with E-state index in [0.717, 1.165) is 33.5 Å². The quantitative estimate of drug-likeness (QED) is 0.252. The van der Waals surface area contributed by atoms with Crippen molar-refractivity contribution in [2.75, 3.05) is 27.4 Å². The van der Waals surface area contributed by atoms with Crippen molar-refractivity contribution >= 4 is 17.7 Å². The van der Waals surface area contributed by atoms with Crippen LogP contribution in [0.15, 0.2) is 78.0 Å². The molecule has 0 atom stereocenters. The van der Waals surface area contributed by atoms with Crippen molar-refractivity contribution in [1.29, 1.82) is 0 Å². The molecule has 4 aromatic rings. The van der Waals surface area contributed by atoms with E-state index in [4.69, 9.17) is 9.47 Å². The van der Waals surface area contributed by atoms with Crippen molar-refractivity contribution in [2.45, 2.75) is 17.8 Å². The van der Waals surface area contributed by atoms with E-state index in [0.29, 0.717) is 24.5 Å². The number of thioether (sulfide) groups is 1. The first-order valence-electron chi connectivity index (χ1n) is 11.3. The van der Waals surface area contributed by atoms with Gasteiger partial charge in [-0.05, 0) is 42.8 Å². The zero-order valence-corrected chi connectivity index (χ0v) is 20.8. The van der Waals surface area contributed by atoms with Gasteiger partial charge in [-0.2, -0.15) is 0 Å². The molecule has 3 aromatic carbocycles. The smallest absolute Gasteiger partial charge is 0.251 e. The van der Waals surface area contributed by atoms with Gasteiger partial charge < -0.3 is 14.8 Å². The van der Waals surface area contributed by atoms with Gasteiger partial charge in [0, 0.05) is 36.2 Å². The minimum absolute atomic E-state index is 0.115. The third-order valence-corrected chi connectivity index (χ3v) is 6.44. The molecule has 0 bridgehead atoms. The third-order valence-electron chi connectivity index (χ3n) is 5.46. The molecule has 8 heteroatoms. The molecule has 35 heavy (non-hydrogen) atoms. The molecular weight excluding hydrogens is 460 g/mol. The zero-order valence-electron chi connectivity index (χ0n) is 20.0. The van der Waals surface area contributed by atoms with Crippen LogP contribution in [0.3, 0.4) is 0 Å². The highest BCUT2D eigenvalue weighted by atomic mass is 32.2. The van der Waals surface area contributed by atoms with Crippen molar-refractivity contribution in [3.05, 3.63) is 89.5 Å². The monoisotopic (exact) mass is 488 g/mol. The maximum Gasteiger partial charge on any atom is 0.251 e. The summed E-state index contributed by atoms with van der Waals surface area (Å²) in [5, 5.41) is 12.7. The molecule has 0 unspecified atom stereocenters. The van der Waals surface area contributed by atoms with Crippen LogP contribution >= 0.6 is 11.8 Å². The molecule has 0 radical (unpaired) electrons. The fraction of sp³-hybridized carbons (Fsp3) is 0.222. The van der Waals surface area contributed by atoms with Gasteiger partial charge in [0.2, 0.25) is 0 Å². The molecule has 0 aliphatic carbocycles. The van der Waals surface area contributed by atoms with Gasteiger partial charge in [0.15, 0.2) is 11.0 Å². The maximum absolute atomic E-state index is 12.7. The van der Waals surface area contributed by atoms with Gasteiger partial charge in [-0.15, -0.1) is 10.2 Å². The van der Waals surface area contributed by atoms with Crippen molar-refractivity contribution in [3.8, 4) is 22.8 Å². The zero-order chi connectivity index (χ0) is 24.6. The number of methoxy groups -OCH3 is 2. The lowest BCUT2D eigenvalue weighted by Gasteiger charge is -2.13. The minimum atomic E-state index is -0.115. The summed E-state index contributed by atoms with van der Waals surface area (Å²) in [6.07, 6.45) is 0. The van der Waals surface area contributed by atoms with Crippen LogP contribution in [0.1, 0.15) is 21.5 Å². The Kier molecular flexibility index (Phi) is 8.18. The van der Waals surface area contributed by atoms with Crippen LogP contribution in [-0.2, 0) is 10.5 Å². The molecule has 7 nitrogen and oxygen atoms in total. The number of carbonyl (C=O) groups is 1. The van der Waals surface area contributed by atoms with E-state index in [2.05, 4.69) is 46.7 Å². The van der Waals surface area contributed by atoms with E-state index in [1.807, 2.05) is 53.1 Å². The maximum atomic E-state index is 12.7. The molecule has 0 saturated heterocycles. The number of rotatable bonds is 10. The lowest BCUT2D eigenvalue weighted by Crippen LogP contribution is -2.27. The number of nitrogens with one attached hydrogen (secondary N) is 1. The number of ether oxygens (including phenoxy) is 2. The fourth-order valence-electron chi connectivity index (χ4n) is 3.61. The first-order chi connectivity index (χ1) is 17.1. The molecule has 4 rings (SSSR count). The second-order valence-electron chi connectivity index (χ2n) is 7.90. The SMILES string of the molecule is COCCNC(=O)c1ccccc1CSc1nnc(-c2cccc(OC)c2)n1-c1ccc(C)cc1. The summed E-state index contributed by atoms with van der Waals surface area (Å²) in [4.78, 5) is 12.7. The second kappa shape index (κ2) is 11.7. The Balaban J connectivity index is 1.66. The molecule has 1 aromatic heterocycles. The highest BCUT2D eigenvalue weighted by Gasteiger charge is 2.18. The van der Waals surface area contributed by atoms with Crippen molar-refractivity contribution in [3.63, 3.8) is 0 Å². The molecule has 0 saturated carbocycles. The number of carbonyl (C=O) groups excluding carboxylic acids is 1.